The van der Waals surface area contributed by atoms with Crippen molar-refractivity contribution in [3.8, 4) is 5.75 Å². The van der Waals surface area contributed by atoms with Gasteiger partial charge in [0, 0.05) is 0 Å². The van der Waals surface area contributed by atoms with Crippen LogP contribution in [0.5, 0.6) is 5.75 Å². The highest BCUT2D eigenvalue weighted by Crippen LogP contribution is 2.29. The van der Waals surface area contributed by atoms with Gasteiger partial charge in [0.25, 0.3) is 0 Å². The Balaban J connectivity index is 3.31. The van der Waals surface area contributed by atoms with Crippen molar-refractivity contribution in [2.45, 2.75) is 45.8 Å². The number of ether oxygens (including phenoxy) is 3. The third-order valence-corrected chi connectivity index (χ3v) is 5.25. The number of amides is 3. The van der Waals surface area contributed by atoms with E-state index in [9.17, 15) is 19.2 Å². The van der Waals surface area contributed by atoms with Crippen molar-refractivity contribution in [3.05, 3.63) is 55.1 Å². The molecule has 1 aromatic rings. The molecule has 1 rings (SSSR count). The van der Waals surface area contributed by atoms with Gasteiger partial charge in [-0.3, -0.25) is 14.4 Å². The molecule has 0 spiro atoms. The van der Waals surface area contributed by atoms with Crippen LogP contribution < -0.4 is 15.4 Å². The molecule has 1 aromatic carbocycles. The summed E-state index contributed by atoms with van der Waals surface area (Å²) in [5.41, 5.74) is 0.716. The van der Waals surface area contributed by atoms with Crippen molar-refractivity contribution in [2.24, 2.45) is 5.92 Å². The van der Waals surface area contributed by atoms with Gasteiger partial charge < -0.3 is 29.7 Å². The Morgan fingerprint density at radius 2 is 1.67 bits per heavy atom. The molecule has 0 heterocycles. The Morgan fingerprint density at radius 3 is 2.25 bits per heavy atom. The number of hydrogen-bond acceptors (Lipinski definition) is 7. The summed E-state index contributed by atoms with van der Waals surface area (Å²) in [6.45, 7) is 13.4. The fourth-order valence-electron chi connectivity index (χ4n) is 3.49. The Kier molecular flexibility index (Phi) is 12.8. The Labute approximate surface area is 212 Å². The first kappa shape index (κ1) is 30.2. The quantitative estimate of drug-likeness (QED) is 0.296. The number of nitrogens with zero attached hydrogens (tertiary/aromatic N) is 1. The van der Waals surface area contributed by atoms with Gasteiger partial charge in [-0.25, -0.2) is 4.79 Å². The van der Waals surface area contributed by atoms with E-state index >= 15 is 0 Å². The largest absolute Gasteiger partial charge is 0.497 e. The average Bonchev–Trinajstić information content (AvgIpc) is 2.86. The zero-order valence-corrected chi connectivity index (χ0v) is 21.6. The van der Waals surface area contributed by atoms with Crippen LogP contribution in [0.2, 0.25) is 0 Å². The van der Waals surface area contributed by atoms with Crippen molar-refractivity contribution in [1.82, 2.24) is 15.5 Å². The molecule has 0 saturated heterocycles. The van der Waals surface area contributed by atoms with Crippen molar-refractivity contribution in [3.63, 3.8) is 0 Å². The minimum absolute atomic E-state index is 0.0182. The molecule has 0 aromatic heterocycles. The molecule has 0 aliphatic carbocycles. The van der Waals surface area contributed by atoms with Gasteiger partial charge in [0.1, 0.15) is 37.6 Å². The van der Waals surface area contributed by atoms with Crippen molar-refractivity contribution < 1.29 is 33.4 Å². The van der Waals surface area contributed by atoms with Crippen LogP contribution in [0.15, 0.2) is 49.6 Å². The van der Waals surface area contributed by atoms with Gasteiger partial charge in [-0.15, -0.1) is 0 Å². The topological polar surface area (TPSA) is 123 Å². The van der Waals surface area contributed by atoms with Crippen molar-refractivity contribution in [2.75, 3.05) is 26.9 Å². The predicted octanol–water partition coefficient (Wildman–Crippen LogP) is 2.76. The highest BCUT2D eigenvalue weighted by molar-refractivity contribution is 5.92. The fraction of sp³-hybridized carbons (Fsp3) is 0.462. The maximum Gasteiger partial charge on any atom is 0.408 e. The SMILES string of the molecule is C=CCOC(=O)CNC(=O)[C@@H](C(C)C)N(C(=O)[C@H](C)NC(=O)OCC=C)[C@@H](C)c1cccc(OC)c1. The lowest BCUT2D eigenvalue weighted by molar-refractivity contribution is -0.148. The number of carbonyl (C=O) groups excluding carboxylic acids is 4. The number of esters is 1. The number of hydrogen-bond donors (Lipinski definition) is 2. The number of nitrogens with one attached hydrogen (secondary N) is 2. The molecule has 0 aliphatic rings. The summed E-state index contributed by atoms with van der Waals surface area (Å²) in [6.07, 6.45) is 2.03. The maximum atomic E-state index is 13.7. The van der Waals surface area contributed by atoms with E-state index in [0.717, 1.165) is 0 Å². The summed E-state index contributed by atoms with van der Waals surface area (Å²) in [6, 6.07) is 4.55. The van der Waals surface area contributed by atoms with Gasteiger partial charge in [-0.05, 0) is 37.5 Å². The van der Waals surface area contributed by atoms with Gasteiger partial charge in [0.15, 0.2) is 0 Å². The summed E-state index contributed by atoms with van der Waals surface area (Å²) in [5, 5.41) is 5.05. The molecular formula is C26H37N3O7. The number of methoxy groups -OCH3 is 1. The first-order valence-corrected chi connectivity index (χ1v) is 11.6. The van der Waals surface area contributed by atoms with Crippen LogP contribution in [0, 0.1) is 5.92 Å². The fourth-order valence-corrected chi connectivity index (χ4v) is 3.49. The second-order valence-corrected chi connectivity index (χ2v) is 8.33. The van der Waals surface area contributed by atoms with Gasteiger partial charge in [-0.1, -0.05) is 51.3 Å². The van der Waals surface area contributed by atoms with Crippen LogP contribution in [-0.4, -0.2) is 67.7 Å². The van der Waals surface area contributed by atoms with Crippen LogP contribution in [0.4, 0.5) is 4.79 Å². The summed E-state index contributed by atoms with van der Waals surface area (Å²) in [7, 11) is 1.53. The third-order valence-electron chi connectivity index (χ3n) is 5.25. The van der Waals surface area contributed by atoms with E-state index in [-0.39, 0.29) is 25.7 Å². The second-order valence-electron chi connectivity index (χ2n) is 8.33. The maximum absolute atomic E-state index is 13.7. The van der Waals surface area contributed by atoms with E-state index in [1.165, 1.54) is 31.1 Å². The summed E-state index contributed by atoms with van der Waals surface area (Å²) in [4.78, 5) is 52.3. The molecule has 198 valence electrons. The Hall–Kier alpha value is -3.82. The number of benzene rings is 1. The summed E-state index contributed by atoms with van der Waals surface area (Å²) >= 11 is 0. The molecule has 0 unspecified atom stereocenters. The molecular weight excluding hydrogens is 466 g/mol. The molecule has 2 N–H and O–H groups in total. The molecule has 0 aliphatic heterocycles. The van der Waals surface area contributed by atoms with Crippen LogP contribution in [0.25, 0.3) is 0 Å². The lowest BCUT2D eigenvalue weighted by atomic mass is 9.96. The molecule has 36 heavy (non-hydrogen) atoms. The van der Waals surface area contributed by atoms with Gasteiger partial charge >= 0.3 is 12.1 Å². The van der Waals surface area contributed by atoms with Gasteiger partial charge in [-0.2, -0.15) is 0 Å². The highest BCUT2D eigenvalue weighted by Gasteiger charge is 2.38. The molecule has 10 heteroatoms. The van der Waals surface area contributed by atoms with Gasteiger partial charge in [0.05, 0.1) is 13.2 Å². The lowest BCUT2D eigenvalue weighted by Crippen LogP contribution is -2.58. The molecule has 0 fully saturated rings. The smallest absolute Gasteiger partial charge is 0.408 e. The van der Waals surface area contributed by atoms with E-state index in [1.54, 1.807) is 39.0 Å². The van der Waals surface area contributed by atoms with Crippen LogP contribution in [-0.2, 0) is 23.9 Å². The predicted molar refractivity (Wildman–Crippen MR) is 135 cm³/mol. The lowest BCUT2D eigenvalue weighted by Gasteiger charge is -2.39. The van der Waals surface area contributed by atoms with E-state index in [4.69, 9.17) is 14.2 Å². The molecule has 0 bridgehead atoms. The average molecular weight is 504 g/mol. The second kappa shape index (κ2) is 15.2. The monoisotopic (exact) mass is 503 g/mol. The summed E-state index contributed by atoms with van der Waals surface area (Å²) < 4.78 is 15.2. The minimum Gasteiger partial charge on any atom is -0.497 e. The molecule has 3 atom stereocenters. The van der Waals surface area contributed by atoms with E-state index < -0.39 is 42.0 Å². The van der Waals surface area contributed by atoms with Crippen molar-refractivity contribution in [1.29, 1.82) is 0 Å². The first-order chi connectivity index (χ1) is 17.1. The minimum atomic E-state index is -1.01. The van der Waals surface area contributed by atoms with Crippen molar-refractivity contribution >= 4 is 23.9 Å². The van der Waals surface area contributed by atoms with Crippen LogP contribution in [0.1, 0.15) is 39.3 Å². The first-order valence-electron chi connectivity index (χ1n) is 11.6. The zero-order chi connectivity index (χ0) is 27.3. The molecule has 0 saturated carbocycles. The molecule has 10 nitrogen and oxygen atoms in total. The normalized spacial score (nSPS) is 12.9. The standard InChI is InChI=1S/C26H37N3O7/c1-8-13-35-22(30)16-27-24(31)23(17(3)4)29(19(6)20-11-10-12-21(15-20)34-7)25(32)18(5)28-26(33)36-14-9-2/h8-12,15,17-19,23H,1-2,13-14,16H2,3-7H3,(H,27,31)(H,28,33)/t18-,19-,23+/m0/s1. The van der Waals surface area contributed by atoms with E-state index in [0.29, 0.717) is 11.3 Å². The number of carbonyl (C=O) groups is 4. The number of rotatable bonds is 14. The van der Waals surface area contributed by atoms with E-state index in [2.05, 4.69) is 23.8 Å². The molecule has 3 amide bonds. The summed E-state index contributed by atoms with van der Waals surface area (Å²) in [5.74, 6) is -1.44. The van der Waals surface area contributed by atoms with Gasteiger partial charge in [0.2, 0.25) is 11.8 Å². The van der Waals surface area contributed by atoms with Crippen LogP contribution in [0.3, 0.4) is 0 Å². The zero-order valence-electron chi connectivity index (χ0n) is 21.6. The third kappa shape index (κ3) is 9.09. The van der Waals surface area contributed by atoms with E-state index in [1.807, 2.05) is 6.07 Å². The Bertz CT molecular complexity index is 932. The highest BCUT2D eigenvalue weighted by atomic mass is 16.5. The number of alkyl carbamates (subject to hydrolysis) is 1. The Morgan fingerprint density at radius 1 is 1.03 bits per heavy atom. The molecule has 0 radical (unpaired) electrons. The van der Waals surface area contributed by atoms with Crippen LogP contribution >= 0.6 is 0 Å².